The monoisotopic (exact) mass is 754 g/mol. The second-order valence-corrected chi connectivity index (χ2v) is 19.7. The van der Waals surface area contributed by atoms with Crippen LogP contribution >= 0.6 is 0 Å². The van der Waals surface area contributed by atoms with E-state index in [4.69, 9.17) is 15.0 Å². The fourth-order valence-corrected chi connectivity index (χ4v) is 14.2. The molecule has 0 saturated heterocycles. The second kappa shape index (κ2) is 13.3. The van der Waals surface area contributed by atoms with E-state index >= 15 is 0 Å². The average molecular weight is 755 g/mol. The molecule has 58 heavy (non-hydrogen) atoms. The number of benzene rings is 5. The van der Waals surface area contributed by atoms with E-state index in [1.807, 2.05) is 24.3 Å². The Morgan fingerprint density at radius 3 is 1.21 bits per heavy atom. The van der Waals surface area contributed by atoms with Gasteiger partial charge < -0.3 is 0 Å². The van der Waals surface area contributed by atoms with Gasteiger partial charge in [-0.05, 0) is 175 Å². The van der Waals surface area contributed by atoms with E-state index in [2.05, 4.69) is 103 Å². The Morgan fingerprint density at radius 2 is 0.776 bits per heavy atom. The fourth-order valence-electron chi connectivity index (χ4n) is 14.2. The molecular formula is C54H50N4. The van der Waals surface area contributed by atoms with E-state index in [0.29, 0.717) is 33.9 Å². The number of rotatable bonds is 7. The first kappa shape index (κ1) is 34.6. The van der Waals surface area contributed by atoms with Crippen molar-refractivity contribution in [3.05, 3.63) is 138 Å². The van der Waals surface area contributed by atoms with Crippen molar-refractivity contribution in [1.29, 1.82) is 5.26 Å². The Hall–Kier alpha value is -5.40. The molecule has 4 nitrogen and oxygen atoms in total. The SMILES string of the molecule is N#Cc1ccc(-c2cc(-c3nc(-c4ccc(C56CC7CC(CC(C7)C5)C6)cc4)nc(-c4ccc(C56CC7CC(CC(C7)C5)C6)cc4)n3)ccc2-c2ccccc2)cc1. The van der Waals surface area contributed by atoms with Crippen LogP contribution in [-0.4, -0.2) is 15.0 Å². The highest BCUT2D eigenvalue weighted by molar-refractivity contribution is 5.87. The van der Waals surface area contributed by atoms with Gasteiger partial charge in [-0.1, -0.05) is 103 Å². The average Bonchev–Trinajstić information content (AvgIpc) is 3.25. The van der Waals surface area contributed by atoms with Crippen LogP contribution in [0.25, 0.3) is 56.4 Å². The Kier molecular flexibility index (Phi) is 7.95. The lowest BCUT2D eigenvalue weighted by Crippen LogP contribution is -2.48. The zero-order chi connectivity index (χ0) is 38.4. The molecule has 1 heterocycles. The van der Waals surface area contributed by atoms with Crippen LogP contribution in [0.2, 0.25) is 0 Å². The van der Waals surface area contributed by atoms with Crippen molar-refractivity contribution < 1.29 is 0 Å². The van der Waals surface area contributed by atoms with Crippen LogP contribution in [-0.2, 0) is 10.8 Å². The Balaban J connectivity index is 0.955. The quantitative estimate of drug-likeness (QED) is 0.163. The van der Waals surface area contributed by atoms with Gasteiger partial charge in [0.25, 0.3) is 0 Å². The fraction of sp³-hybridized carbons (Fsp3) is 0.370. The van der Waals surface area contributed by atoms with Crippen molar-refractivity contribution >= 4 is 0 Å². The van der Waals surface area contributed by atoms with Crippen molar-refractivity contribution in [2.24, 2.45) is 35.5 Å². The molecule has 8 fully saturated rings. The molecule has 0 N–H and O–H groups in total. The summed E-state index contributed by atoms with van der Waals surface area (Å²) in [5.74, 6) is 7.58. The van der Waals surface area contributed by atoms with Crippen LogP contribution in [0, 0.1) is 46.8 Å². The summed E-state index contributed by atoms with van der Waals surface area (Å²) in [6.07, 6.45) is 16.9. The molecule has 0 aliphatic heterocycles. The van der Waals surface area contributed by atoms with Gasteiger partial charge in [0.05, 0.1) is 11.6 Å². The summed E-state index contributed by atoms with van der Waals surface area (Å²) >= 11 is 0. The molecule has 8 aliphatic carbocycles. The van der Waals surface area contributed by atoms with Crippen molar-refractivity contribution in [2.45, 2.75) is 87.9 Å². The number of nitrogens with zero attached hydrogens (tertiary/aromatic N) is 4. The van der Waals surface area contributed by atoms with E-state index in [0.717, 1.165) is 74.5 Å². The van der Waals surface area contributed by atoms with Crippen LogP contribution in [0.15, 0.2) is 121 Å². The smallest absolute Gasteiger partial charge is 0.164 e. The summed E-state index contributed by atoms with van der Waals surface area (Å²) in [6.45, 7) is 0. The molecule has 0 atom stereocenters. The minimum absolute atomic E-state index is 0.351. The van der Waals surface area contributed by atoms with Gasteiger partial charge in [-0.15, -0.1) is 0 Å². The van der Waals surface area contributed by atoms with Crippen LogP contribution < -0.4 is 0 Å². The Morgan fingerprint density at radius 1 is 0.397 bits per heavy atom. The summed E-state index contributed by atoms with van der Waals surface area (Å²) in [5.41, 5.74) is 11.8. The van der Waals surface area contributed by atoms with Crippen LogP contribution in [0.3, 0.4) is 0 Å². The first-order valence-corrected chi connectivity index (χ1v) is 22.1. The van der Waals surface area contributed by atoms with Gasteiger partial charge in [0.1, 0.15) is 0 Å². The maximum atomic E-state index is 9.56. The van der Waals surface area contributed by atoms with Gasteiger partial charge in [-0.2, -0.15) is 5.26 Å². The number of nitriles is 1. The summed E-state index contributed by atoms with van der Waals surface area (Å²) in [7, 11) is 0. The highest BCUT2D eigenvalue weighted by atomic mass is 15.0. The molecule has 1 aromatic heterocycles. The van der Waals surface area contributed by atoms with Gasteiger partial charge in [0.2, 0.25) is 0 Å². The lowest BCUT2D eigenvalue weighted by Gasteiger charge is -2.57. The molecule has 5 aromatic carbocycles. The molecule has 8 aliphatic rings. The third-order valence-electron chi connectivity index (χ3n) is 15.9. The molecule has 4 heteroatoms. The van der Waals surface area contributed by atoms with Crippen molar-refractivity contribution in [3.63, 3.8) is 0 Å². The zero-order valence-corrected chi connectivity index (χ0v) is 33.3. The lowest BCUT2D eigenvalue weighted by molar-refractivity contribution is -0.00530. The van der Waals surface area contributed by atoms with Gasteiger partial charge in [0, 0.05) is 16.7 Å². The first-order chi connectivity index (χ1) is 28.5. The largest absolute Gasteiger partial charge is 0.208 e. The normalized spacial score (nSPS) is 30.1. The van der Waals surface area contributed by atoms with Crippen LogP contribution in [0.5, 0.6) is 0 Å². The molecule has 0 spiro atoms. The van der Waals surface area contributed by atoms with Gasteiger partial charge >= 0.3 is 0 Å². The standard InChI is InChI=1S/C54H50N4/c55-33-34-6-8-42(9-7-34)49-26-45(14-19-48(49)41-4-2-1-3-5-41)52-57-50(43-10-15-46(16-11-43)53-27-35-20-36(28-53)22-37(21-35)29-53)56-51(58-52)44-12-17-47(18-13-44)54-30-38-23-39(31-54)25-40(24-38)32-54/h1-19,26,35-40H,20-25,27-32H2. The molecule has 8 saturated carbocycles. The molecule has 0 amide bonds. The van der Waals surface area contributed by atoms with E-state index in [9.17, 15) is 5.26 Å². The number of hydrogen-bond donors (Lipinski definition) is 0. The summed E-state index contributed by atoms with van der Waals surface area (Å²) in [6, 6.07) is 46.0. The molecule has 286 valence electrons. The van der Waals surface area contributed by atoms with Crippen molar-refractivity contribution in [2.75, 3.05) is 0 Å². The predicted octanol–water partition coefficient (Wildman–Crippen LogP) is 13.0. The minimum atomic E-state index is 0.351. The maximum absolute atomic E-state index is 9.56. The molecular weight excluding hydrogens is 705 g/mol. The Labute approximate surface area is 342 Å². The molecule has 14 rings (SSSR count). The highest BCUT2D eigenvalue weighted by Gasteiger charge is 2.52. The second-order valence-electron chi connectivity index (χ2n) is 19.7. The van der Waals surface area contributed by atoms with E-state index in [1.54, 1.807) is 0 Å². The molecule has 0 radical (unpaired) electrons. The van der Waals surface area contributed by atoms with Crippen molar-refractivity contribution in [3.8, 4) is 62.5 Å². The zero-order valence-electron chi connectivity index (χ0n) is 33.3. The molecule has 8 bridgehead atoms. The van der Waals surface area contributed by atoms with Crippen molar-refractivity contribution in [1.82, 2.24) is 15.0 Å². The van der Waals surface area contributed by atoms with Gasteiger partial charge in [-0.25, -0.2) is 15.0 Å². The summed E-state index contributed by atoms with van der Waals surface area (Å²) in [5, 5.41) is 9.56. The first-order valence-electron chi connectivity index (χ1n) is 22.1. The summed E-state index contributed by atoms with van der Waals surface area (Å²) in [4.78, 5) is 15.8. The van der Waals surface area contributed by atoms with E-state index in [1.165, 1.54) is 88.2 Å². The number of hydrogen-bond acceptors (Lipinski definition) is 4. The van der Waals surface area contributed by atoms with Crippen LogP contribution in [0.4, 0.5) is 0 Å². The molecule has 6 aromatic rings. The van der Waals surface area contributed by atoms with Crippen LogP contribution in [0.1, 0.15) is 93.7 Å². The van der Waals surface area contributed by atoms with Gasteiger partial charge in [-0.3, -0.25) is 0 Å². The topological polar surface area (TPSA) is 62.5 Å². The lowest BCUT2D eigenvalue weighted by atomic mass is 9.48. The third kappa shape index (κ3) is 5.87. The van der Waals surface area contributed by atoms with Gasteiger partial charge in [0.15, 0.2) is 17.5 Å². The third-order valence-corrected chi connectivity index (χ3v) is 15.9. The summed E-state index contributed by atoms with van der Waals surface area (Å²) < 4.78 is 0. The minimum Gasteiger partial charge on any atom is -0.208 e. The van der Waals surface area contributed by atoms with E-state index in [-0.39, 0.29) is 0 Å². The molecule has 0 unspecified atom stereocenters. The Bertz CT molecular complexity index is 2390. The van der Waals surface area contributed by atoms with E-state index < -0.39 is 0 Å². The number of aromatic nitrogens is 3. The highest BCUT2D eigenvalue weighted by Crippen LogP contribution is 2.62. The predicted molar refractivity (Wildman–Crippen MR) is 231 cm³/mol. The maximum Gasteiger partial charge on any atom is 0.164 e.